The molecule has 0 aromatic heterocycles. The standard InChI is InChI=1S/C22H25FN2O5/c1-3-29-19-11-14-9-10-25(22(28)24-17-8-6-5-7-16(17)23)18(13-21(26)27)15(14)12-20(19)30-4-2/h5-8,11-12,18H,3-4,9-10,13H2,1-2H3,(H,24,28)(H,26,27)/t18-/m0/s1. The van der Waals surface area contributed by atoms with E-state index < -0.39 is 23.9 Å². The molecule has 0 bridgehead atoms. The number of fused-ring (bicyclic) bond motifs is 1. The van der Waals surface area contributed by atoms with E-state index in [0.29, 0.717) is 43.2 Å². The number of carbonyl (C=O) groups is 2. The lowest BCUT2D eigenvalue weighted by Crippen LogP contribution is -2.43. The average Bonchev–Trinajstić information content (AvgIpc) is 2.70. The molecular formula is C22H25FN2O5. The lowest BCUT2D eigenvalue weighted by molar-refractivity contribution is -0.138. The number of hydrogen-bond acceptors (Lipinski definition) is 4. The number of benzene rings is 2. The molecule has 1 atom stereocenters. The van der Waals surface area contributed by atoms with Crippen LogP contribution in [-0.4, -0.2) is 41.8 Å². The molecule has 0 saturated carbocycles. The third kappa shape index (κ3) is 4.64. The Morgan fingerprint density at radius 3 is 2.47 bits per heavy atom. The van der Waals surface area contributed by atoms with E-state index in [4.69, 9.17) is 9.47 Å². The number of hydrogen-bond donors (Lipinski definition) is 2. The Hall–Kier alpha value is -3.29. The van der Waals surface area contributed by atoms with Crippen molar-refractivity contribution in [3.63, 3.8) is 0 Å². The molecule has 3 rings (SSSR count). The first-order valence-corrected chi connectivity index (χ1v) is 9.90. The summed E-state index contributed by atoms with van der Waals surface area (Å²) in [4.78, 5) is 25.9. The van der Waals surface area contributed by atoms with Crippen LogP contribution < -0.4 is 14.8 Å². The van der Waals surface area contributed by atoms with Crippen LogP contribution in [0.1, 0.15) is 37.4 Å². The molecule has 0 aliphatic carbocycles. The first-order valence-electron chi connectivity index (χ1n) is 9.90. The van der Waals surface area contributed by atoms with Crippen LogP contribution >= 0.6 is 0 Å². The molecule has 1 aliphatic rings. The minimum Gasteiger partial charge on any atom is -0.490 e. The molecule has 160 valence electrons. The van der Waals surface area contributed by atoms with Gasteiger partial charge in [-0.2, -0.15) is 0 Å². The van der Waals surface area contributed by atoms with Gasteiger partial charge in [-0.05, 0) is 55.7 Å². The summed E-state index contributed by atoms with van der Waals surface area (Å²) in [5.41, 5.74) is 1.64. The molecule has 8 heteroatoms. The third-order valence-electron chi connectivity index (χ3n) is 4.91. The van der Waals surface area contributed by atoms with Crippen molar-refractivity contribution >= 4 is 17.7 Å². The Morgan fingerprint density at radius 1 is 1.17 bits per heavy atom. The fourth-order valence-electron chi connectivity index (χ4n) is 3.62. The van der Waals surface area contributed by atoms with Crippen LogP contribution in [0.15, 0.2) is 36.4 Å². The van der Waals surface area contributed by atoms with Crippen molar-refractivity contribution in [1.82, 2.24) is 4.90 Å². The summed E-state index contributed by atoms with van der Waals surface area (Å²) in [5, 5.41) is 12.0. The number of para-hydroxylation sites is 1. The molecule has 2 amide bonds. The normalized spacial score (nSPS) is 15.3. The quantitative estimate of drug-likeness (QED) is 0.705. The number of aliphatic carboxylic acids is 1. The number of ether oxygens (including phenoxy) is 2. The van der Waals surface area contributed by atoms with Gasteiger partial charge in [-0.1, -0.05) is 12.1 Å². The zero-order chi connectivity index (χ0) is 21.7. The minimum absolute atomic E-state index is 0.0454. The maximum atomic E-state index is 14.0. The van der Waals surface area contributed by atoms with Crippen molar-refractivity contribution in [3.8, 4) is 11.5 Å². The summed E-state index contributed by atoms with van der Waals surface area (Å²) in [6.07, 6.45) is 0.236. The van der Waals surface area contributed by atoms with Crippen LogP contribution in [0, 0.1) is 5.82 Å². The predicted octanol–water partition coefficient (Wildman–Crippen LogP) is 4.23. The van der Waals surface area contributed by atoms with Crippen LogP contribution in [0.25, 0.3) is 0 Å². The van der Waals surface area contributed by atoms with E-state index in [9.17, 15) is 19.1 Å². The summed E-state index contributed by atoms with van der Waals surface area (Å²) < 4.78 is 25.3. The first kappa shape index (κ1) is 21.4. The number of carbonyl (C=O) groups excluding carboxylic acids is 1. The van der Waals surface area contributed by atoms with Gasteiger partial charge in [0.25, 0.3) is 0 Å². The number of urea groups is 1. The summed E-state index contributed by atoms with van der Waals surface area (Å²) in [6.45, 7) is 4.90. The van der Waals surface area contributed by atoms with Gasteiger partial charge in [0.15, 0.2) is 11.5 Å². The van der Waals surface area contributed by atoms with E-state index in [2.05, 4.69) is 5.32 Å². The van der Waals surface area contributed by atoms with Gasteiger partial charge in [0.05, 0.1) is 31.4 Å². The number of rotatable bonds is 7. The Kier molecular flexibility index (Phi) is 6.76. The molecule has 30 heavy (non-hydrogen) atoms. The second kappa shape index (κ2) is 9.47. The average molecular weight is 416 g/mol. The number of nitrogens with zero attached hydrogens (tertiary/aromatic N) is 1. The number of carboxylic acids is 1. The highest BCUT2D eigenvalue weighted by atomic mass is 19.1. The van der Waals surface area contributed by atoms with E-state index in [1.165, 1.54) is 23.1 Å². The third-order valence-corrected chi connectivity index (χ3v) is 4.91. The summed E-state index contributed by atoms with van der Waals surface area (Å²) in [6, 6.07) is 8.18. The fraction of sp³-hybridized carbons (Fsp3) is 0.364. The van der Waals surface area contributed by atoms with E-state index in [1.807, 2.05) is 19.9 Å². The molecule has 0 unspecified atom stereocenters. The molecule has 2 aromatic carbocycles. The molecule has 0 radical (unpaired) electrons. The summed E-state index contributed by atoms with van der Waals surface area (Å²) in [5.74, 6) is -0.497. The zero-order valence-electron chi connectivity index (χ0n) is 17.0. The van der Waals surface area contributed by atoms with Crippen LogP contribution in [0.5, 0.6) is 11.5 Å². The van der Waals surface area contributed by atoms with E-state index in [1.54, 1.807) is 12.1 Å². The summed E-state index contributed by atoms with van der Waals surface area (Å²) >= 11 is 0. The Balaban J connectivity index is 1.96. The van der Waals surface area contributed by atoms with Crippen LogP contribution in [-0.2, 0) is 11.2 Å². The second-order valence-corrected chi connectivity index (χ2v) is 6.83. The number of anilines is 1. The highest BCUT2D eigenvalue weighted by molar-refractivity contribution is 5.90. The smallest absolute Gasteiger partial charge is 0.322 e. The van der Waals surface area contributed by atoms with Gasteiger partial charge in [0, 0.05) is 6.54 Å². The number of nitrogens with one attached hydrogen (secondary N) is 1. The number of carboxylic acid groups (broad SMARTS) is 1. The van der Waals surface area contributed by atoms with Gasteiger partial charge in [0.1, 0.15) is 5.82 Å². The van der Waals surface area contributed by atoms with Crippen molar-refractivity contribution in [2.75, 3.05) is 25.1 Å². The predicted molar refractivity (Wildman–Crippen MR) is 110 cm³/mol. The molecule has 2 aromatic rings. The van der Waals surface area contributed by atoms with Crippen LogP contribution in [0.3, 0.4) is 0 Å². The first-order chi connectivity index (χ1) is 14.4. The number of amides is 2. The molecule has 0 saturated heterocycles. The Morgan fingerprint density at radius 2 is 1.83 bits per heavy atom. The second-order valence-electron chi connectivity index (χ2n) is 6.83. The highest BCUT2D eigenvalue weighted by Crippen LogP contribution is 2.40. The largest absolute Gasteiger partial charge is 0.490 e. The maximum absolute atomic E-state index is 14.0. The van der Waals surface area contributed by atoms with Crippen molar-refractivity contribution in [2.45, 2.75) is 32.7 Å². The van der Waals surface area contributed by atoms with E-state index in [-0.39, 0.29) is 12.1 Å². The SMILES string of the molecule is CCOc1cc2c(cc1OCC)[C@H](CC(=O)O)N(C(=O)Nc1ccccc1F)CC2. The fourth-order valence-corrected chi connectivity index (χ4v) is 3.62. The number of halogens is 1. The van der Waals surface area contributed by atoms with Crippen molar-refractivity contribution in [1.29, 1.82) is 0 Å². The van der Waals surface area contributed by atoms with Gasteiger partial charge in [0.2, 0.25) is 0 Å². The highest BCUT2D eigenvalue weighted by Gasteiger charge is 2.34. The lowest BCUT2D eigenvalue weighted by atomic mass is 9.90. The Labute approximate surface area is 174 Å². The van der Waals surface area contributed by atoms with E-state index >= 15 is 0 Å². The van der Waals surface area contributed by atoms with Crippen LogP contribution in [0.4, 0.5) is 14.9 Å². The van der Waals surface area contributed by atoms with Gasteiger partial charge in [-0.3, -0.25) is 4.79 Å². The molecular weight excluding hydrogens is 391 g/mol. The summed E-state index contributed by atoms with van der Waals surface area (Å²) in [7, 11) is 0. The minimum atomic E-state index is -1.04. The van der Waals surface area contributed by atoms with Gasteiger partial charge >= 0.3 is 12.0 Å². The van der Waals surface area contributed by atoms with Gasteiger partial charge in [-0.15, -0.1) is 0 Å². The zero-order valence-corrected chi connectivity index (χ0v) is 17.0. The van der Waals surface area contributed by atoms with Crippen molar-refractivity contribution in [3.05, 3.63) is 53.3 Å². The maximum Gasteiger partial charge on any atom is 0.322 e. The lowest BCUT2D eigenvalue weighted by Gasteiger charge is -2.37. The molecule has 1 aliphatic heterocycles. The van der Waals surface area contributed by atoms with Crippen molar-refractivity contribution in [2.24, 2.45) is 0 Å². The van der Waals surface area contributed by atoms with Crippen LogP contribution in [0.2, 0.25) is 0 Å². The molecule has 2 N–H and O–H groups in total. The van der Waals surface area contributed by atoms with Gasteiger partial charge < -0.3 is 24.8 Å². The molecule has 0 spiro atoms. The van der Waals surface area contributed by atoms with E-state index in [0.717, 1.165) is 5.56 Å². The van der Waals surface area contributed by atoms with Gasteiger partial charge in [-0.25, -0.2) is 9.18 Å². The topological polar surface area (TPSA) is 88.1 Å². The molecule has 0 fully saturated rings. The van der Waals surface area contributed by atoms with Crippen molar-refractivity contribution < 1.29 is 28.6 Å². The monoisotopic (exact) mass is 416 g/mol. The molecule has 7 nitrogen and oxygen atoms in total. The Bertz CT molecular complexity index is 934. The molecule has 1 heterocycles.